The van der Waals surface area contributed by atoms with Gasteiger partial charge in [-0.3, -0.25) is 9.79 Å². The van der Waals surface area contributed by atoms with Gasteiger partial charge in [-0.25, -0.2) is 0 Å². The first-order valence-corrected chi connectivity index (χ1v) is 9.04. The van der Waals surface area contributed by atoms with Gasteiger partial charge in [0.2, 0.25) is 5.91 Å². The SMILES string of the molecule is CCC(CCNC(=NC)NCc1ccc(OC)cc1)N1CCCC1=O.I. The number of methoxy groups -OCH3 is 1. The van der Waals surface area contributed by atoms with Crippen LogP contribution in [0.5, 0.6) is 5.75 Å². The van der Waals surface area contributed by atoms with E-state index in [1.54, 1.807) is 14.2 Å². The second-order valence-corrected chi connectivity index (χ2v) is 6.24. The minimum atomic E-state index is 0. The summed E-state index contributed by atoms with van der Waals surface area (Å²) in [6, 6.07) is 8.29. The number of ether oxygens (including phenoxy) is 1. The molecule has 0 saturated carbocycles. The molecule has 0 spiro atoms. The Kier molecular flexibility index (Phi) is 10.4. The van der Waals surface area contributed by atoms with E-state index in [9.17, 15) is 4.79 Å². The van der Waals surface area contributed by atoms with Gasteiger partial charge in [0.15, 0.2) is 5.96 Å². The Hall–Kier alpha value is -1.51. The number of hydrogen-bond donors (Lipinski definition) is 2. The van der Waals surface area contributed by atoms with Crippen molar-refractivity contribution in [1.29, 1.82) is 0 Å². The zero-order chi connectivity index (χ0) is 18.1. The van der Waals surface area contributed by atoms with Crippen LogP contribution in [-0.4, -0.2) is 50.1 Å². The lowest BCUT2D eigenvalue weighted by molar-refractivity contribution is -0.129. The first-order chi connectivity index (χ1) is 12.2. The predicted molar refractivity (Wildman–Crippen MR) is 116 cm³/mol. The highest BCUT2D eigenvalue weighted by Crippen LogP contribution is 2.17. The lowest BCUT2D eigenvalue weighted by Crippen LogP contribution is -2.41. The molecular formula is C19H31IN4O2. The maximum Gasteiger partial charge on any atom is 0.222 e. The fraction of sp³-hybridized carbons (Fsp3) is 0.579. The molecule has 1 aromatic rings. The summed E-state index contributed by atoms with van der Waals surface area (Å²) in [6.45, 7) is 4.55. The molecule has 0 aromatic heterocycles. The zero-order valence-electron chi connectivity index (χ0n) is 16.0. The number of likely N-dealkylation sites (tertiary alicyclic amines) is 1. The van der Waals surface area contributed by atoms with Crippen molar-refractivity contribution in [2.75, 3.05) is 27.2 Å². The van der Waals surface area contributed by atoms with E-state index in [0.29, 0.717) is 24.9 Å². The van der Waals surface area contributed by atoms with Crippen LogP contribution in [0.4, 0.5) is 0 Å². The molecule has 1 aliphatic rings. The highest BCUT2D eigenvalue weighted by atomic mass is 127. The number of halogens is 1. The molecule has 6 nitrogen and oxygen atoms in total. The number of carbonyl (C=O) groups is 1. The van der Waals surface area contributed by atoms with Gasteiger partial charge in [0.25, 0.3) is 0 Å². The number of carbonyl (C=O) groups excluding carboxylic acids is 1. The topological polar surface area (TPSA) is 66.0 Å². The number of nitrogens with one attached hydrogen (secondary N) is 2. The van der Waals surface area contributed by atoms with E-state index in [2.05, 4.69) is 22.5 Å². The molecule has 1 unspecified atom stereocenters. The lowest BCUT2D eigenvalue weighted by Gasteiger charge is -2.27. The average Bonchev–Trinajstić information content (AvgIpc) is 3.07. The van der Waals surface area contributed by atoms with Gasteiger partial charge >= 0.3 is 0 Å². The van der Waals surface area contributed by atoms with Gasteiger partial charge in [0.05, 0.1) is 7.11 Å². The predicted octanol–water partition coefficient (Wildman–Crippen LogP) is 2.77. The Morgan fingerprint density at radius 1 is 1.31 bits per heavy atom. The summed E-state index contributed by atoms with van der Waals surface area (Å²) in [5.41, 5.74) is 1.16. The number of rotatable bonds is 8. The Balaban J connectivity index is 0.00000338. The number of aliphatic imine (C=N–C) groups is 1. The van der Waals surface area contributed by atoms with Gasteiger partial charge in [-0.2, -0.15) is 0 Å². The molecule has 7 heteroatoms. The van der Waals surface area contributed by atoms with Crippen LogP contribution >= 0.6 is 24.0 Å². The quantitative estimate of drug-likeness (QED) is 0.346. The highest BCUT2D eigenvalue weighted by molar-refractivity contribution is 14.0. The van der Waals surface area contributed by atoms with Crippen LogP contribution in [0, 0.1) is 0 Å². The summed E-state index contributed by atoms with van der Waals surface area (Å²) in [5.74, 6) is 1.93. The van der Waals surface area contributed by atoms with Gasteiger partial charge in [-0.15, -0.1) is 24.0 Å². The molecule has 0 bridgehead atoms. The molecule has 1 fully saturated rings. The molecule has 2 rings (SSSR count). The van der Waals surface area contributed by atoms with Gasteiger partial charge in [0, 0.05) is 39.1 Å². The number of benzene rings is 1. The van der Waals surface area contributed by atoms with Gasteiger partial charge < -0.3 is 20.3 Å². The van der Waals surface area contributed by atoms with Crippen molar-refractivity contribution >= 4 is 35.8 Å². The Bertz CT molecular complexity index is 577. The third-order valence-electron chi connectivity index (χ3n) is 4.63. The first-order valence-electron chi connectivity index (χ1n) is 9.04. The fourth-order valence-corrected chi connectivity index (χ4v) is 3.14. The van der Waals surface area contributed by atoms with Crippen molar-refractivity contribution in [2.24, 2.45) is 4.99 Å². The molecule has 1 aromatic carbocycles. The van der Waals surface area contributed by atoms with E-state index >= 15 is 0 Å². The van der Waals surface area contributed by atoms with E-state index in [4.69, 9.17) is 4.74 Å². The molecule has 1 saturated heterocycles. The molecule has 1 atom stereocenters. The van der Waals surface area contributed by atoms with Crippen LogP contribution in [0.15, 0.2) is 29.3 Å². The molecule has 1 amide bonds. The van der Waals surface area contributed by atoms with Crippen LogP contribution in [0.3, 0.4) is 0 Å². The number of amides is 1. The minimum Gasteiger partial charge on any atom is -0.497 e. The molecule has 146 valence electrons. The van der Waals surface area contributed by atoms with Crippen molar-refractivity contribution in [1.82, 2.24) is 15.5 Å². The van der Waals surface area contributed by atoms with Crippen molar-refractivity contribution < 1.29 is 9.53 Å². The van der Waals surface area contributed by atoms with E-state index < -0.39 is 0 Å². The van der Waals surface area contributed by atoms with Crippen LogP contribution < -0.4 is 15.4 Å². The summed E-state index contributed by atoms with van der Waals surface area (Å²) in [6.07, 6.45) is 3.62. The number of hydrogen-bond acceptors (Lipinski definition) is 3. The van der Waals surface area contributed by atoms with E-state index in [1.807, 2.05) is 29.2 Å². The Labute approximate surface area is 173 Å². The standard InChI is InChI=1S/C19H30N4O2.HI/c1-4-16(23-13-5-6-18(23)24)11-12-21-19(20-2)22-14-15-7-9-17(25-3)10-8-15;/h7-10,16H,4-6,11-14H2,1-3H3,(H2,20,21,22);1H. The highest BCUT2D eigenvalue weighted by Gasteiger charge is 2.26. The molecule has 0 radical (unpaired) electrons. The Morgan fingerprint density at radius 3 is 2.58 bits per heavy atom. The number of nitrogens with zero attached hydrogens (tertiary/aromatic N) is 2. The third-order valence-corrected chi connectivity index (χ3v) is 4.63. The average molecular weight is 474 g/mol. The van der Waals surface area contributed by atoms with Crippen LogP contribution in [-0.2, 0) is 11.3 Å². The van der Waals surface area contributed by atoms with Crippen LogP contribution in [0.1, 0.15) is 38.2 Å². The summed E-state index contributed by atoms with van der Waals surface area (Å²) in [7, 11) is 3.43. The van der Waals surface area contributed by atoms with Crippen molar-refractivity contribution in [2.45, 2.75) is 45.2 Å². The normalized spacial score (nSPS) is 15.4. The van der Waals surface area contributed by atoms with Gasteiger partial charge in [0.1, 0.15) is 5.75 Å². The third kappa shape index (κ3) is 6.66. The summed E-state index contributed by atoms with van der Waals surface area (Å²) in [5, 5.41) is 6.65. The van der Waals surface area contributed by atoms with Crippen LogP contribution in [0.2, 0.25) is 0 Å². The van der Waals surface area contributed by atoms with E-state index in [0.717, 1.165) is 49.6 Å². The monoisotopic (exact) mass is 474 g/mol. The molecule has 2 N–H and O–H groups in total. The first kappa shape index (κ1) is 22.5. The summed E-state index contributed by atoms with van der Waals surface area (Å²) < 4.78 is 5.17. The van der Waals surface area contributed by atoms with Crippen molar-refractivity contribution in [3.05, 3.63) is 29.8 Å². The van der Waals surface area contributed by atoms with E-state index in [1.165, 1.54) is 0 Å². The second kappa shape index (κ2) is 12.0. The largest absolute Gasteiger partial charge is 0.497 e. The molecule has 1 aliphatic heterocycles. The van der Waals surface area contributed by atoms with Crippen LogP contribution in [0.25, 0.3) is 0 Å². The maximum atomic E-state index is 11.9. The van der Waals surface area contributed by atoms with Gasteiger partial charge in [-0.1, -0.05) is 19.1 Å². The minimum absolute atomic E-state index is 0. The van der Waals surface area contributed by atoms with E-state index in [-0.39, 0.29) is 24.0 Å². The molecule has 1 heterocycles. The van der Waals surface area contributed by atoms with Crippen molar-refractivity contribution in [3.8, 4) is 5.75 Å². The molecular weight excluding hydrogens is 443 g/mol. The smallest absolute Gasteiger partial charge is 0.222 e. The van der Waals surface area contributed by atoms with Gasteiger partial charge in [-0.05, 0) is 37.0 Å². The summed E-state index contributed by atoms with van der Waals surface area (Å²) >= 11 is 0. The maximum absolute atomic E-state index is 11.9. The summed E-state index contributed by atoms with van der Waals surface area (Å²) in [4.78, 5) is 18.2. The van der Waals surface area contributed by atoms with Crippen molar-refractivity contribution in [3.63, 3.8) is 0 Å². The zero-order valence-corrected chi connectivity index (χ0v) is 18.3. The fourth-order valence-electron chi connectivity index (χ4n) is 3.14. The second-order valence-electron chi connectivity index (χ2n) is 6.24. The Morgan fingerprint density at radius 2 is 2.04 bits per heavy atom. The lowest BCUT2D eigenvalue weighted by atomic mass is 10.1. The molecule has 26 heavy (non-hydrogen) atoms. The molecule has 0 aliphatic carbocycles. The number of guanidine groups is 1.